The first-order valence-corrected chi connectivity index (χ1v) is 11.7. The van der Waals surface area contributed by atoms with Crippen LogP contribution in [-0.4, -0.2) is 27.7 Å². The van der Waals surface area contributed by atoms with Crippen molar-refractivity contribution in [1.82, 2.24) is 19.9 Å². The molecule has 0 saturated carbocycles. The second-order valence-corrected chi connectivity index (χ2v) is 9.14. The molecule has 32 heavy (non-hydrogen) atoms. The van der Waals surface area contributed by atoms with Crippen LogP contribution in [0.2, 0.25) is 5.02 Å². The topological polar surface area (TPSA) is 68.5 Å². The Morgan fingerprint density at radius 1 is 1.25 bits per heavy atom. The van der Waals surface area contributed by atoms with E-state index in [0.717, 1.165) is 23.3 Å². The quantitative estimate of drug-likeness (QED) is 0.423. The first kappa shape index (κ1) is 22.5. The van der Waals surface area contributed by atoms with E-state index in [1.807, 2.05) is 36.4 Å². The Bertz CT molecular complexity index is 1320. The van der Waals surface area contributed by atoms with Crippen LogP contribution >= 0.6 is 22.9 Å². The summed E-state index contributed by atoms with van der Waals surface area (Å²) in [7, 11) is 1.66. The molecule has 6 nitrogen and oxygen atoms in total. The first-order chi connectivity index (χ1) is 15.5. The number of benzene rings is 2. The molecule has 0 saturated heterocycles. The molecule has 0 aliphatic carbocycles. The molecule has 2 unspecified atom stereocenters. The van der Waals surface area contributed by atoms with Gasteiger partial charge in [-0.2, -0.15) is 4.52 Å². The normalized spacial score (nSPS) is 14.1. The number of halogens is 1. The van der Waals surface area contributed by atoms with Crippen molar-refractivity contribution in [2.24, 2.45) is 0 Å². The fourth-order valence-corrected chi connectivity index (χ4v) is 4.50. The minimum Gasteiger partial charge on any atom is -0.497 e. The molecule has 2 heterocycles. The lowest BCUT2D eigenvalue weighted by Crippen LogP contribution is -2.31. The summed E-state index contributed by atoms with van der Waals surface area (Å²) in [6.07, 6.45) is 3.41. The van der Waals surface area contributed by atoms with Gasteiger partial charge in [0, 0.05) is 23.5 Å². The Morgan fingerprint density at radius 2 is 2.03 bits per heavy atom. The van der Waals surface area contributed by atoms with E-state index < -0.39 is 0 Å². The van der Waals surface area contributed by atoms with Gasteiger partial charge in [0.15, 0.2) is 5.82 Å². The summed E-state index contributed by atoms with van der Waals surface area (Å²) in [5.41, 5.74) is 1.85. The van der Waals surface area contributed by atoms with E-state index in [0.29, 0.717) is 32.8 Å². The third kappa shape index (κ3) is 5.01. The van der Waals surface area contributed by atoms with Crippen LogP contribution in [0.4, 0.5) is 0 Å². The Labute approximate surface area is 195 Å². The number of hydrogen-bond acceptors (Lipinski definition) is 6. The van der Waals surface area contributed by atoms with Crippen LogP contribution < -0.4 is 20.1 Å². The summed E-state index contributed by atoms with van der Waals surface area (Å²) in [5, 5.41) is 8.83. The van der Waals surface area contributed by atoms with Crippen LogP contribution in [0, 0.1) is 0 Å². The molecule has 2 aromatic carbocycles. The van der Waals surface area contributed by atoms with Crippen molar-refractivity contribution in [2.45, 2.75) is 38.8 Å². The highest BCUT2D eigenvalue weighted by Crippen LogP contribution is 2.23. The Hall–Kier alpha value is -2.74. The third-order valence-electron chi connectivity index (χ3n) is 5.37. The Kier molecular flexibility index (Phi) is 6.89. The highest BCUT2D eigenvalue weighted by atomic mass is 35.5. The first-order valence-electron chi connectivity index (χ1n) is 10.5. The molecule has 2 aromatic heterocycles. The molecule has 0 fully saturated rings. The predicted molar refractivity (Wildman–Crippen MR) is 130 cm³/mol. The summed E-state index contributed by atoms with van der Waals surface area (Å²) < 4.78 is 7.38. The standard InChI is InChI=1S/C24H25ClN4O2S/c1-4-15(2)26-20(17-6-5-7-19(13-17)31-3)14-22-27-24-29(28-22)23(30)21(32-24)12-16-8-10-18(25)11-9-16/h5-13,15,20,26H,4,14H2,1-3H3/b21-12-. The van der Waals surface area contributed by atoms with Gasteiger partial charge in [-0.1, -0.05) is 54.1 Å². The Morgan fingerprint density at radius 3 is 2.72 bits per heavy atom. The molecule has 4 aromatic rings. The van der Waals surface area contributed by atoms with Gasteiger partial charge in [-0.05, 0) is 54.8 Å². The van der Waals surface area contributed by atoms with Crippen molar-refractivity contribution in [3.8, 4) is 5.75 Å². The molecule has 1 N–H and O–H groups in total. The number of fused-ring (bicyclic) bond motifs is 1. The number of methoxy groups -OCH3 is 1. The summed E-state index contributed by atoms with van der Waals surface area (Å²) in [6.45, 7) is 4.30. The van der Waals surface area contributed by atoms with Crippen LogP contribution in [0.15, 0.2) is 53.3 Å². The lowest BCUT2D eigenvalue weighted by molar-refractivity contribution is 0.409. The van der Waals surface area contributed by atoms with Gasteiger partial charge in [-0.25, -0.2) is 4.98 Å². The van der Waals surface area contributed by atoms with E-state index in [1.165, 1.54) is 15.9 Å². The average molecular weight is 469 g/mol. The van der Waals surface area contributed by atoms with Crippen molar-refractivity contribution < 1.29 is 4.74 Å². The van der Waals surface area contributed by atoms with E-state index >= 15 is 0 Å². The van der Waals surface area contributed by atoms with Gasteiger partial charge in [-0.3, -0.25) is 4.79 Å². The van der Waals surface area contributed by atoms with Gasteiger partial charge < -0.3 is 10.1 Å². The lowest BCUT2D eigenvalue weighted by atomic mass is 10.0. The summed E-state index contributed by atoms with van der Waals surface area (Å²) in [5.74, 6) is 1.44. The van der Waals surface area contributed by atoms with Crippen molar-refractivity contribution >= 4 is 34.0 Å². The molecular weight excluding hydrogens is 444 g/mol. The Balaban J connectivity index is 1.64. The highest BCUT2D eigenvalue weighted by Gasteiger charge is 2.19. The van der Waals surface area contributed by atoms with Gasteiger partial charge in [0.1, 0.15) is 5.75 Å². The van der Waals surface area contributed by atoms with E-state index in [9.17, 15) is 4.79 Å². The number of ether oxygens (including phenoxy) is 1. The van der Waals surface area contributed by atoms with E-state index in [-0.39, 0.29) is 11.6 Å². The van der Waals surface area contributed by atoms with Crippen molar-refractivity contribution in [2.75, 3.05) is 7.11 Å². The minimum atomic E-state index is -0.161. The number of rotatable bonds is 8. The molecule has 0 amide bonds. The number of nitrogens with one attached hydrogen (secondary N) is 1. The van der Waals surface area contributed by atoms with Gasteiger partial charge in [-0.15, -0.1) is 5.10 Å². The fourth-order valence-electron chi connectivity index (χ4n) is 3.45. The van der Waals surface area contributed by atoms with Crippen LogP contribution in [0.25, 0.3) is 11.0 Å². The number of nitrogens with zero attached hydrogens (tertiary/aromatic N) is 3. The number of thiazole rings is 1. The SMILES string of the molecule is CCC(C)NC(Cc1nc2s/c(=C\c3ccc(Cl)cc3)c(=O)n2n1)c1cccc(OC)c1. The van der Waals surface area contributed by atoms with Gasteiger partial charge in [0.25, 0.3) is 5.56 Å². The molecule has 0 aliphatic rings. The van der Waals surface area contributed by atoms with E-state index in [1.54, 1.807) is 19.2 Å². The van der Waals surface area contributed by atoms with Crippen LogP contribution in [-0.2, 0) is 6.42 Å². The monoisotopic (exact) mass is 468 g/mol. The zero-order valence-corrected chi connectivity index (χ0v) is 19.8. The molecule has 0 radical (unpaired) electrons. The van der Waals surface area contributed by atoms with Crippen LogP contribution in [0.1, 0.15) is 43.3 Å². The minimum absolute atomic E-state index is 0.00681. The summed E-state index contributed by atoms with van der Waals surface area (Å²) in [4.78, 5) is 18.1. The summed E-state index contributed by atoms with van der Waals surface area (Å²) in [6, 6.07) is 15.7. The molecular formula is C24H25ClN4O2S. The largest absolute Gasteiger partial charge is 0.497 e. The number of hydrogen-bond donors (Lipinski definition) is 1. The maximum absolute atomic E-state index is 12.9. The highest BCUT2D eigenvalue weighted by molar-refractivity contribution is 7.15. The smallest absolute Gasteiger partial charge is 0.291 e. The zero-order chi connectivity index (χ0) is 22.7. The third-order valence-corrected chi connectivity index (χ3v) is 6.59. The van der Waals surface area contributed by atoms with Gasteiger partial charge >= 0.3 is 0 Å². The maximum Gasteiger partial charge on any atom is 0.291 e. The molecule has 0 spiro atoms. The predicted octanol–water partition coefficient (Wildman–Crippen LogP) is 4.03. The fraction of sp³-hybridized carbons (Fsp3) is 0.292. The number of aromatic nitrogens is 3. The maximum atomic E-state index is 12.9. The van der Waals surface area contributed by atoms with E-state index in [4.69, 9.17) is 16.3 Å². The molecule has 4 rings (SSSR count). The van der Waals surface area contributed by atoms with Crippen molar-refractivity contribution in [3.63, 3.8) is 0 Å². The second-order valence-electron chi connectivity index (χ2n) is 7.70. The molecule has 8 heteroatoms. The van der Waals surface area contributed by atoms with Crippen LogP contribution in [0.5, 0.6) is 5.75 Å². The van der Waals surface area contributed by atoms with Crippen molar-refractivity contribution in [1.29, 1.82) is 0 Å². The average Bonchev–Trinajstić information content (AvgIpc) is 3.33. The van der Waals surface area contributed by atoms with Gasteiger partial charge in [0.05, 0.1) is 11.6 Å². The second kappa shape index (κ2) is 9.81. The molecule has 166 valence electrons. The van der Waals surface area contributed by atoms with E-state index in [2.05, 4.69) is 35.3 Å². The summed E-state index contributed by atoms with van der Waals surface area (Å²) >= 11 is 7.28. The molecule has 2 atom stereocenters. The van der Waals surface area contributed by atoms with Gasteiger partial charge in [0.2, 0.25) is 4.96 Å². The van der Waals surface area contributed by atoms with Crippen molar-refractivity contribution in [3.05, 3.63) is 85.4 Å². The van der Waals surface area contributed by atoms with Crippen LogP contribution in [0.3, 0.4) is 0 Å². The molecule has 0 bridgehead atoms. The zero-order valence-electron chi connectivity index (χ0n) is 18.2. The lowest BCUT2D eigenvalue weighted by Gasteiger charge is -2.22. The molecule has 0 aliphatic heterocycles.